The van der Waals surface area contributed by atoms with Gasteiger partial charge in [-0.3, -0.25) is 4.79 Å². The van der Waals surface area contributed by atoms with E-state index in [1.807, 2.05) is 13.0 Å². The molecule has 0 bridgehead atoms. The van der Waals surface area contributed by atoms with Crippen LogP contribution in [0.5, 0.6) is 5.75 Å². The van der Waals surface area contributed by atoms with Crippen LogP contribution in [0, 0.1) is 0 Å². The van der Waals surface area contributed by atoms with Crippen LogP contribution in [0.1, 0.15) is 12.5 Å². The first-order valence-corrected chi connectivity index (χ1v) is 6.53. The fourth-order valence-electron chi connectivity index (χ4n) is 1.72. The van der Waals surface area contributed by atoms with E-state index < -0.39 is 31.8 Å². The lowest BCUT2D eigenvalue weighted by atomic mass is 10.2. The third-order valence-corrected chi connectivity index (χ3v) is 2.76. The number of rotatable bonds is 7. The van der Waals surface area contributed by atoms with Crippen LogP contribution < -0.4 is 4.74 Å². The van der Waals surface area contributed by atoms with Gasteiger partial charge in [0.25, 0.3) is 5.91 Å². The highest BCUT2D eigenvalue weighted by atomic mass is 19.4. The van der Waals surface area contributed by atoms with E-state index in [0.717, 1.165) is 12.0 Å². The molecule has 7 heteroatoms. The topological polar surface area (TPSA) is 49.8 Å². The van der Waals surface area contributed by atoms with Gasteiger partial charge in [-0.05, 0) is 24.1 Å². The average Bonchev–Trinajstić information content (AvgIpc) is 2.43. The molecule has 0 heterocycles. The zero-order chi connectivity index (χ0) is 15.9. The molecular weight excluding hydrogens is 287 g/mol. The Labute approximate surface area is 121 Å². The van der Waals surface area contributed by atoms with Crippen LogP contribution in [-0.2, 0) is 11.2 Å². The summed E-state index contributed by atoms with van der Waals surface area (Å²) < 4.78 is 42.2. The number of carbonyl (C=O) groups excluding carboxylic acids is 1. The summed E-state index contributed by atoms with van der Waals surface area (Å²) in [6.45, 7) is -0.853. The van der Waals surface area contributed by atoms with Crippen molar-refractivity contribution in [1.82, 2.24) is 4.90 Å². The maximum absolute atomic E-state index is 12.3. The van der Waals surface area contributed by atoms with Crippen LogP contribution in [0.4, 0.5) is 13.2 Å². The number of nitrogens with zero attached hydrogens (tertiary/aromatic N) is 1. The number of aryl methyl sites for hydroxylation is 1. The van der Waals surface area contributed by atoms with Gasteiger partial charge in [0, 0.05) is 6.54 Å². The summed E-state index contributed by atoms with van der Waals surface area (Å²) in [5.74, 6) is -0.387. The van der Waals surface area contributed by atoms with E-state index in [1.165, 1.54) is 0 Å². The molecule has 1 aromatic carbocycles. The van der Waals surface area contributed by atoms with Crippen LogP contribution in [0.3, 0.4) is 0 Å². The first kappa shape index (κ1) is 17.3. The van der Waals surface area contributed by atoms with Gasteiger partial charge in [-0.1, -0.05) is 19.1 Å². The molecule has 0 unspecified atom stereocenters. The van der Waals surface area contributed by atoms with Crippen LogP contribution >= 0.6 is 0 Å². The normalized spacial score (nSPS) is 11.3. The Morgan fingerprint density at radius 3 is 2.67 bits per heavy atom. The Hall–Kier alpha value is -1.76. The summed E-state index contributed by atoms with van der Waals surface area (Å²) in [4.78, 5) is 12.3. The van der Waals surface area contributed by atoms with Gasteiger partial charge in [0.05, 0.1) is 6.61 Å². The fourth-order valence-corrected chi connectivity index (χ4v) is 1.72. The smallest absolute Gasteiger partial charge is 0.406 e. The molecule has 0 aromatic heterocycles. The van der Waals surface area contributed by atoms with Crippen molar-refractivity contribution in [1.29, 1.82) is 0 Å². The molecule has 0 aliphatic heterocycles. The van der Waals surface area contributed by atoms with E-state index >= 15 is 0 Å². The molecule has 1 amide bonds. The van der Waals surface area contributed by atoms with Gasteiger partial charge in [0.2, 0.25) is 0 Å². The van der Waals surface area contributed by atoms with E-state index in [4.69, 9.17) is 9.84 Å². The number of halogens is 3. The summed E-state index contributed by atoms with van der Waals surface area (Å²) in [6, 6.07) is 7.00. The van der Waals surface area contributed by atoms with E-state index in [1.54, 1.807) is 18.2 Å². The molecule has 21 heavy (non-hydrogen) atoms. The molecule has 0 atom stereocenters. The Kier molecular flexibility index (Phi) is 6.48. The zero-order valence-electron chi connectivity index (χ0n) is 11.7. The van der Waals surface area contributed by atoms with Gasteiger partial charge in [-0.2, -0.15) is 13.2 Å². The van der Waals surface area contributed by atoms with Gasteiger partial charge in [0.15, 0.2) is 6.61 Å². The molecule has 1 aromatic rings. The maximum Gasteiger partial charge on any atom is 0.406 e. The number of aliphatic hydroxyl groups excluding tert-OH is 1. The Morgan fingerprint density at radius 1 is 1.38 bits per heavy atom. The molecule has 4 nitrogen and oxygen atoms in total. The molecule has 0 aliphatic carbocycles. The Balaban J connectivity index is 2.60. The van der Waals surface area contributed by atoms with E-state index in [9.17, 15) is 18.0 Å². The number of alkyl halides is 3. The minimum atomic E-state index is -4.51. The molecule has 0 saturated carbocycles. The number of hydrogen-bond donors (Lipinski definition) is 1. The van der Waals surface area contributed by atoms with Crippen LogP contribution in [0.15, 0.2) is 24.3 Å². The molecule has 1 rings (SSSR count). The number of carbonyl (C=O) groups is 1. The quantitative estimate of drug-likeness (QED) is 0.838. The van der Waals surface area contributed by atoms with Crippen molar-refractivity contribution in [2.75, 3.05) is 26.3 Å². The molecule has 0 radical (unpaired) electrons. The van der Waals surface area contributed by atoms with Crippen molar-refractivity contribution < 1.29 is 27.8 Å². The van der Waals surface area contributed by atoms with Crippen molar-refractivity contribution in [3.8, 4) is 5.75 Å². The fraction of sp³-hybridized carbons (Fsp3) is 0.500. The lowest BCUT2D eigenvalue weighted by Crippen LogP contribution is -2.42. The first-order valence-electron chi connectivity index (χ1n) is 6.53. The van der Waals surface area contributed by atoms with Crippen molar-refractivity contribution in [2.45, 2.75) is 19.5 Å². The third kappa shape index (κ3) is 6.48. The molecule has 0 aliphatic rings. The minimum absolute atomic E-state index is 0.378. The Morgan fingerprint density at radius 2 is 2.10 bits per heavy atom. The van der Waals surface area contributed by atoms with E-state index in [2.05, 4.69) is 0 Å². The molecule has 1 N–H and O–H groups in total. The lowest BCUT2D eigenvalue weighted by Gasteiger charge is -2.23. The van der Waals surface area contributed by atoms with Gasteiger partial charge in [0.1, 0.15) is 12.3 Å². The van der Waals surface area contributed by atoms with E-state index in [0.29, 0.717) is 10.6 Å². The standard InChI is InChI=1S/C14H18F3NO3/c1-2-11-4-3-5-12(8-11)21-9-13(20)18(6-7-19)10-14(15,16)17/h3-5,8,19H,2,6-7,9-10H2,1H3. The highest BCUT2D eigenvalue weighted by molar-refractivity contribution is 5.77. The molecule has 118 valence electrons. The molecule has 0 spiro atoms. The van der Waals surface area contributed by atoms with Gasteiger partial charge < -0.3 is 14.7 Å². The number of ether oxygens (including phenoxy) is 1. The number of aliphatic hydroxyl groups is 1. The predicted molar refractivity (Wildman–Crippen MR) is 71.0 cm³/mol. The summed E-state index contributed by atoms with van der Waals surface area (Å²) in [5, 5.41) is 8.73. The number of hydrogen-bond acceptors (Lipinski definition) is 3. The second-order valence-corrected chi connectivity index (χ2v) is 4.44. The SMILES string of the molecule is CCc1cccc(OCC(=O)N(CCO)CC(F)(F)F)c1. The van der Waals surface area contributed by atoms with Crippen molar-refractivity contribution in [3.63, 3.8) is 0 Å². The van der Waals surface area contributed by atoms with Gasteiger partial charge >= 0.3 is 6.18 Å². The predicted octanol–water partition coefficient (Wildman–Crippen LogP) is 2.01. The van der Waals surface area contributed by atoms with Gasteiger partial charge in [-0.25, -0.2) is 0 Å². The molecular formula is C14H18F3NO3. The van der Waals surface area contributed by atoms with Crippen LogP contribution in [-0.4, -0.2) is 48.4 Å². The average molecular weight is 305 g/mol. The molecule has 0 fully saturated rings. The third-order valence-electron chi connectivity index (χ3n) is 2.76. The summed E-state index contributed by atoms with van der Waals surface area (Å²) >= 11 is 0. The number of amides is 1. The lowest BCUT2D eigenvalue weighted by molar-refractivity contribution is -0.163. The first-order chi connectivity index (χ1) is 9.85. The second kappa shape index (κ2) is 7.87. The van der Waals surface area contributed by atoms with Gasteiger partial charge in [-0.15, -0.1) is 0 Å². The molecule has 0 saturated heterocycles. The summed E-state index contributed by atoms with van der Waals surface area (Å²) in [5.41, 5.74) is 1.00. The highest BCUT2D eigenvalue weighted by Gasteiger charge is 2.32. The van der Waals surface area contributed by atoms with Crippen molar-refractivity contribution in [3.05, 3.63) is 29.8 Å². The van der Waals surface area contributed by atoms with E-state index in [-0.39, 0.29) is 6.54 Å². The minimum Gasteiger partial charge on any atom is -0.484 e. The maximum atomic E-state index is 12.3. The summed E-state index contributed by atoms with van der Waals surface area (Å²) in [6.07, 6.45) is -3.72. The van der Waals surface area contributed by atoms with Crippen LogP contribution in [0.2, 0.25) is 0 Å². The van der Waals surface area contributed by atoms with Crippen LogP contribution in [0.25, 0.3) is 0 Å². The largest absolute Gasteiger partial charge is 0.484 e. The zero-order valence-corrected chi connectivity index (χ0v) is 11.7. The summed E-state index contributed by atoms with van der Waals surface area (Å²) in [7, 11) is 0. The Bertz CT molecular complexity index is 463. The number of benzene rings is 1. The highest BCUT2D eigenvalue weighted by Crippen LogP contribution is 2.17. The second-order valence-electron chi connectivity index (χ2n) is 4.44. The van der Waals surface area contributed by atoms with Crippen molar-refractivity contribution >= 4 is 5.91 Å². The van der Waals surface area contributed by atoms with Crippen molar-refractivity contribution in [2.24, 2.45) is 0 Å². The monoisotopic (exact) mass is 305 g/mol.